The van der Waals surface area contributed by atoms with Gasteiger partial charge in [0.05, 0.1) is 0 Å². The molecular weight excluding hydrogens is 220 g/mol. The molecule has 0 heterocycles. The molecule has 4 fully saturated rings. The highest BCUT2D eigenvalue weighted by molar-refractivity contribution is 5.85. The summed E-state index contributed by atoms with van der Waals surface area (Å²) in [6.45, 7) is 4.52. The maximum atomic E-state index is 12.7. The summed E-state index contributed by atoms with van der Waals surface area (Å²) in [6, 6.07) is 0. The average Bonchev–Trinajstić information content (AvgIpc) is 2.26. The molecule has 0 aromatic heterocycles. The van der Waals surface area contributed by atoms with Gasteiger partial charge in [0.25, 0.3) is 0 Å². The monoisotopic (exact) mass is 248 g/mol. The first-order valence-electron chi connectivity index (χ1n) is 8.11. The van der Waals surface area contributed by atoms with Crippen molar-refractivity contribution < 1.29 is 4.79 Å². The van der Waals surface area contributed by atoms with E-state index in [4.69, 9.17) is 0 Å². The number of ketones is 1. The lowest BCUT2D eigenvalue weighted by Gasteiger charge is -2.56. The molecule has 0 atom stereocenters. The van der Waals surface area contributed by atoms with Crippen LogP contribution in [0.2, 0.25) is 0 Å². The van der Waals surface area contributed by atoms with Crippen LogP contribution in [0.5, 0.6) is 0 Å². The van der Waals surface area contributed by atoms with Crippen molar-refractivity contribution in [1.82, 2.24) is 0 Å². The van der Waals surface area contributed by atoms with E-state index in [1.807, 2.05) is 0 Å². The molecule has 4 aliphatic carbocycles. The second-order valence-corrected chi connectivity index (χ2v) is 7.91. The quantitative estimate of drug-likeness (QED) is 0.695. The number of hydrogen-bond acceptors (Lipinski definition) is 1. The van der Waals surface area contributed by atoms with Crippen LogP contribution in [-0.4, -0.2) is 5.78 Å². The van der Waals surface area contributed by atoms with Gasteiger partial charge in [-0.15, -0.1) is 0 Å². The smallest absolute Gasteiger partial charge is 0.139 e. The van der Waals surface area contributed by atoms with Crippen LogP contribution in [0.3, 0.4) is 0 Å². The Balaban J connectivity index is 1.62. The van der Waals surface area contributed by atoms with Gasteiger partial charge in [-0.3, -0.25) is 4.79 Å². The van der Waals surface area contributed by atoms with E-state index in [1.165, 1.54) is 44.9 Å². The summed E-state index contributed by atoms with van der Waals surface area (Å²) in [5, 5.41) is 0. The van der Waals surface area contributed by atoms with Crippen molar-refractivity contribution in [1.29, 1.82) is 0 Å². The average molecular weight is 248 g/mol. The second kappa shape index (κ2) is 4.65. The summed E-state index contributed by atoms with van der Waals surface area (Å²) in [7, 11) is 0. The summed E-state index contributed by atoms with van der Waals surface area (Å²) >= 11 is 0. The van der Waals surface area contributed by atoms with Crippen molar-refractivity contribution in [2.24, 2.45) is 29.1 Å². The van der Waals surface area contributed by atoms with Crippen LogP contribution in [0.1, 0.15) is 71.6 Å². The van der Waals surface area contributed by atoms with Gasteiger partial charge in [0.1, 0.15) is 5.78 Å². The molecule has 0 unspecified atom stereocenters. The summed E-state index contributed by atoms with van der Waals surface area (Å²) < 4.78 is 0. The Kier molecular flexibility index (Phi) is 3.28. The first kappa shape index (κ1) is 12.7. The van der Waals surface area contributed by atoms with E-state index in [2.05, 4.69) is 13.8 Å². The lowest BCUT2D eigenvalue weighted by atomic mass is 9.48. The molecule has 0 radical (unpaired) electrons. The van der Waals surface area contributed by atoms with Crippen LogP contribution >= 0.6 is 0 Å². The van der Waals surface area contributed by atoms with E-state index in [-0.39, 0.29) is 5.41 Å². The molecule has 0 aliphatic heterocycles. The molecule has 4 rings (SSSR count). The van der Waals surface area contributed by atoms with Gasteiger partial charge in [0.15, 0.2) is 0 Å². The number of rotatable bonds is 5. The molecule has 0 amide bonds. The summed E-state index contributed by atoms with van der Waals surface area (Å²) in [4.78, 5) is 12.7. The number of hydrogen-bond donors (Lipinski definition) is 0. The Bertz CT molecular complexity index is 293. The molecule has 0 N–H and O–H groups in total. The third-order valence-electron chi connectivity index (χ3n) is 5.82. The number of carbonyl (C=O) groups is 1. The summed E-state index contributed by atoms with van der Waals surface area (Å²) in [5.74, 6) is 4.11. The highest BCUT2D eigenvalue weighted by Gasteiger charge is 2.53. The first-order chi connectivity index (χ1) is 8.57. The molecule has 0 saturated heterocycles. The highest BCUT2D eigenvalue weighted by Crippen LogP contribution is 2.60. The van der Waals surface area contributed by atoms with Gasteiger partial charge >= 0.3 is 0 Å². The SMILES string of the molecule is CC(C)CCCC(=O)C12CC3CC(CC(C3)C1)C2. The van der Waals surface area contributed by atoms with E-state index >= 15 is 0 Å². The lowest BCUT2D eigenvalue weighted by Crippen LogP contribution is -2.49. The van der Waals surface area contributed by atoms with Gasteiger partial charge in [-0.1, -0.05) is 20.3 Å². The van der Waals surface area contributed by atoms with Gasteiger partial charge < -0.3 is 0 Å². The van der Waals surface area contributed by atoms with Crippen molar-refractivity contribution in [3.05, 3.63) is 0 Å². The number of carbonyl (C=O) groups excluding carboxylic acids is 1. The third-order valence-corrected chi connectivity index (χ3v) is 5.82. The van der Waals surface area contributed by atoms with Gasteiger partial charge in [-0.2, -0.15) is 0 Å². The Morgan fingerprint density at radius 2 is 1.56 bits per heavy atom. The number of Topliss-reactive ketones (excluding diaryl/α,β-unsaturated/α-hetero) is 1. The van der Waals surface area contributed by atoms with Crippen molar-refractivity contribution in [2.45, 2.75) is 71.6 Å². The topological polar surface area (TPSA) is 17.1 Å². The fourth-order valence-electron chi connectivity index (χ4n) is 5.39. The molecular formula is C17H28O. The largest absolute Gasteiger partial charge is 0.299 e. The first-order valence-corrected chi connectivity index (χ1v) is 8.11. The molecule has 4 aliphatic rings. The summed E-state index contributed by atoms with van der Waals surface area (Å²) in [5.41, 5.74) is 0.158. The van der Waals surface area contributed by atoms with Crippen molar-refractivity contribution >= 4 is 5.78 Å². The molecule has 4 bridgehead atoms. The zero-order valence-electron chi connectivity index (χ0n) is 12.1. The maximum absolute atomic E-state index is 12.7. The zero-order chi connectivity index (χ0) is 12.8. The predicted molar refractivity (Wildman–Crippen MR) is 74.3 cm³/mol. The predicted octanol–water partition coefficient (Wildman–Crippen LogP) is 4.60. The van der Waals surface area contributed by atoms with Gasteiger partial charge in [-0.25, -0.2) is 0 Å². The molecule has 102 valence electrons. The molecule has 1 nitrogen and oxygen atoms in total. The lowest BCUT2D eigenvalue weighted by molar-refractivity contribution is -0.144. The Morgan fingerprint density at radius 1 is 1.06 bits per heavy atom. The van der Waals surface area contributed by atoms with Crippen LogP contribution in [0.4, 0.5) is 0 Å². The van der Waals surface area contributed by atoms with Crippen LogP contribution in [-0.2, 0) is 4.79 Å². The van der Waals surface area contributed by atoms with Crippen molar-refractivity contribution in [2.75, 3.05) is 0 Å². The van der Waals surface area contributed by atoms with Crippen molar-refractivity contribution in [3.8, 4) is 0 Å². The fraction of sp³-hybridized carbons (Fsp3) is 0.941. The zero-order valence-corrected chi connectivity index (χ0v) is 12.1. The third kappa shape index (κ3) is 2.26. The van der Waals surface area contributed by atoms with E-state index in [0.717, 1.165) is 36.5 Å². The highest BCUT2D eigenvalue weighted by atomic mass is 16.1. The van der Waals surface area contributed by atoms with Crippen LogP contribution in [0, 0.1) is 29.1 Å². The van der Waals surface area contributed by atoms with Crippen LogP contribution in [0.15, 0.2) is 0 Å². The Labute approximate surface area is 112 Å². The Hall–Kier alpha value is -0.330. The van der Waals surface area contributed by atoms with E-state index < -0.39 is 0 Å². The fourth-order valence-corrected chi connectivity index (χ4v) is 5.39. The van der Waals surface area contributed by atoms with Gasteiger partial charge in [0, 0.05) is 11.8 Å². The molecule has 0 aromatic carbocycles. The molecule has 4 saturated carbocycles. The van der Waals surface area contributed by atoms with Crippen LogP contribution in [0.25, 0.3) is 0 Å². The molecule has 1 heteroatoms. The Morgan fingerprint density at radius 3 is 2.00 bits per heavy atom. The summed E-state index contributed by atoms with van der Waals surface area (Å²) in [6.07, 6.45) is 11.3. The standard InChI is InChI=1S/C17H28O/c1-12(2)4-3-5-16(18)17-9-13-6-14(10-17)8-15(7-13)11-17/h12-15H,3-11H2,1-2H3. The van der Waals surface area contributed by atoms with Gasteiger partial charge in [-0.05, 0) is 68.6 Å². The van der Waals surface area contributed by atoms with Gasteiger partial charge in [0.2, 0.25) is 0 Å². The van der Waals surface area contributed by atoms with E-state index in [0.29, 0.717) is 5.78 Å². The minimum absolute atomic E-state index is 0.158. The van der Waals surface area contributed by atoms with Crippen molar-refractivity contribution in [3.63, 3.8) is 0 Å². The molecule has 0 aromatic rings. The second-order valence-electron chi connectivity index (χ2n) is 7.91. The van der Waals surface area contributed by atoms with E-state index in [1.54, 1.807) is 0 Å². The molecule has 0 spiro atoms. The van der Waals surface area contributed by atoms with Crippen LogP contribution < -0.4 is 0 Å². The minimum atomic E-state index is 0.158. The van der Waals surface area contributed by atoms with E-state index in [9.17, 15) is 4.79 Å². The minimum Gasteiger partial charge on any atom is -0.299 e. The maximum Gasteiger partial charge on any atom is 0.139 e. The normalized spacial score (nSPS) is 41.6. The molecule has 18 heavy (non-hydrogen) atoms.